The number of benzene rings is 1. The number of aromatic nitrogens is 2. The Labute approximate surface area is 132 Å². The van der Waals surface area contributed by atoms with Gasteiger partial charge in [0.1, 0.15) is 0 Å². The Balaban J connectivity index is 1.73. The molecular weight excluding hydrogens is 268 g/mol. The fraction of sp³-hybridized carbons (Fsp3) is 0.400. The van der Waals surface area contributed by atoms with Gasteiger partial charge < -0.3 is 0 Å². The lowest BCUT2D eigenvalue weighted by molar-refractivity contribution is 0.605. The molecule has 0 saturated carbocycles. The summed E-state index contributed by atoms with van der Waals surface area (Å²) in [5.41, 5.74) is 3.26. The van der Waals surface area contributed by atoms with Crippen LogP contribution in [0.4, 0.5) is 0 Å². The van der Waals surface area contributed by atoms with Crippen molar-refractivity contribution in [2.45, 2.75) is 51.9 Å². The van der Waals surface area contributed by atoms with Crippen molar-refractivity contribution in [2.75, 3.05) is 0 Å². The molecule has 0 radical (unpaired) electrons. The Kier molecular flexibility index (Phi) is 4.99. The molecule has 0 unspecified atom stereocenters. The van der Waals surface area contributed by atoms with Gasteiger partial charge in [0, 0.05) is 22.7 Å². The number of nitrogens with zero attached hydrogens (tertiary/aromatic N) is 2. The molecule has 2 heterocycles. The minimum absolute atomic E-state index is 1.02. The monoisotopic (exact) mass is 292 g/mol. The summed E-state index contributed by atoms with van der Waals surface area (Å²) in [5.74, 6) is 0. The van der Waals surface area contributed by atoms with Crippen molar-refractivity contribution in [1.82, 2.24) is 9.97 Å². The molecule has 0 bridgehead atoms. The lowest BCUT2D eigenvalue weighted by Gasteiger charge is -2.06. The van der Waals surface area contributed by atoms with Gasteiger partial charge in [0.05, 0.1) is 11.0 Å². The minimum atomic E-state index is 1.02. The zero-order valence-corrected chi connectivity index (χ0v) is 13.4. The normalized spacial score (nSPS) is 11.3. The van der Waals surface area contributed by atoms with Gasteiger partial charge >= 0.3 is 0 Å². The molecular formula is C20H24N2. The second-order valence-electron chi connectivity index (χ2n) is 6.03. The van der Waals surface area contributed by atoms with E-state index in [1.165, 1.54) is 55.0 Å². The van der Waals surface area contributed by atoms with E-state index in [0.29, 0.717) is 0 Å². The van der Waals surface area contributed by atoms with Crippen molar-refractivity contribution in [3.63, 3.8) is 0 Å². The number of rotatable bonds is 7. The second kappa shape index (κ2) is 7.35. The Morgan fingerprint density at radius 1 is 0.773 bits per heavy atom. The largest absolute Gasteiger partial charge is 0.254 e. The van der Waals surface area contributed by atoms with E-state index in [-0.39, 0.29) is 0 Å². The van der Waals surface area contributed by atoms with Crippen LogP contribution < -0.4 is 0 Å². The summed E-state index contributed by atoms with van der Waals surface area (Å²) in [6, 6.07) is 12.7. The molecule has 114 valence electrons. The van der Waals surface area contributed by atoms with Gasteiger partial charge in [0.15, 0.2) is 0 Å². The van der Waals surface area contributed by atoms with Gasteiger partial charge in [0.2, 0.25) is 0 Å². The third-order valence-corrected chi connectivity index (χ3v) is 4.28. The molecule has 0 fully saturated rings. The van der Waals surface area contributed by atoms with Crippen LogP contribution in [0.3, 0.4) is 0 Å². The molecule has 2 nitrogen and oxygen atoms in total. The maximum atomic E-state index is 4.87. The molecule has 0 N–H and O–H groups in total. The molecule has 1 aromatic carbocycles. The fourth-order valence-electron chi connectivity index (χ4n) is 2.99. The van der Waals surface area contributed by atoms with E-state index >= 15 is 0 Å². The van der Waals surface area contributed by atoms with E-state index < -0.39 is 0 Å². The van der Waals surface area contributed by atoms with Gasteiger partial charge in [-0.15, -0.1) is 0 Å². The predicted octanol–water partition coefficient (Wildman–Crippen LogP) is 5.69. The van der Waals surface area contributed by atoms with Gasteiger partial charge in [-0.2, -0.15) is 0 Å². The van der Waals surface area contributed by atoms with Crippen molar-refractivity contribution in [3.8, 4) is 0 Å². The van der Waals surface area contributed by atoms with Crippen LogP contribution >= 0.6 is 0 Å². The fourth-order valence-corrected chi connectivity index (χ4v) is 2.99. The van der Waals surface area contributed by atoms with Crippen molar-refractivity contribution < 1.29 is 0 Å². The number of hydrogen-bond acceptors (Lipinski definition) is 2. The van der Waals surface area contributed by atoms with Crippen molar-refractivity contribution in [1.29, 1.82) is 0 Å². The van der Waals surface area contributed by atoms with E-state index in [1.807, 2.05) is 12.3 Å². The van der Waals surface area contributed by atoms with Crippen molar-refractivity contribution in [2.24, 2.45) is 0 Å². The van der Waals surface area contributed by atoms with Crippen molar-refractivity contribution >= 4 is 21.8 Å². The van der Waals surface area contributed by atoms with Crippen molar-refractivity contribution in [3.05, 3.63) is 48.3 Å². The lowest BCUT2D eigenvalue weighted by atomic mass is 10.1. The average Bonchev–Trinajstić information content (AvgIpc) is 2.58. The van der Waals surface area contributed by atoms with Crippen LogP contribution in [0.2, 0.25) is 0 Å². The molecule has 0 aliphatic carbocycles. The first kappa shape index (κ1) is 15.0. The van der Waals surface area contributed by atoms with E-state index in [2.05, 4.69) is 42.2 Å². The molecule has 0 spiro atoms. The van der Waals surface area contributed by atoms with Crippen LogP contribution in [0.5, 0.6) is 0 Å². The van der Waals surface area contributed by atoms with E-state index in [0.717, 1.165) is 17.5 Å². The Bertz CT molecular complexity index is 749. The molecule has 0 atom stereocenters. The van der Waals surface area contributed by atoms with E-state index in [4.69, 9.17) is 4.98 Å². The molecule has 2 heteroatoms. The summed E-state index contributed by atoms with van der Waals surface area (Å²) in [5, 5.41) is 2.34. The highest BCUT2D eigenvalue weighted by atomic mass is 14.7. The zero-order chi connectivity index (χ0) is 15.2. The first-order chi connectivity index (χ1) is 10.9. The van der Waals surface area contributed by atoms with Crippen LogP contribution in [0.15, 0.2) is 42.6 Å². The summed E-state index contributed by atoms with van der Waals surface area (Å²) < 4.78 is 0. The first-order valence-electron chi connectivity index (χ1n) is 8.52. The van der Waals surface area contributed by atoms with Gasteiger partial charge in [-0.1, -0.05) is 63.3 Å². The molecule has 22 heavy (non-hydrogen) atoms. The summed E-state index contributed by atoms with van der Waals surface area (Å²) in [4.78, 5) is 9.39. The topological polar surface area (TPSA) is 25.8 Å². The lowest BCUT2D eigenvalue weighted by Crippen LogP contribution is -1.93. The average molecular weight is 292 g/mol. The third-order valence-electron chi connectivity index (χ3n) is 4.28. The van der Waals surface area contributed by atoms with Gasteiger partial charge in [-0.05, 0) is 25.0 Å². The number of hydrogen-bond donors (Lipinski definition) is 0. The quantitative estimate of drug-likeness (QED) is 0.413. The third kappa shape index (κ3) is 3.44. The van der Waals surface area contributed by atoms with Crippen LogP contribution in [0, 0.1) is 0 Å². The van der Waals surface area contributed by atoms with Gasteiger partial charge in [-0.25, -0.2) is 0 Å². The van der Waals surface area contributed by atoms with Gasteiger partial charge in [0.25, 0.3) is 0 Å². The maximum absolute atomic E-state index is 4.87. The maximum Gasteiger partial charge on any atom is 0.0967 e. The number of pyridine rings is 2. The van der Waals surface area contributed by atoms with E-state index in [9.17, 15) is 0 Å². The highest BCUT2D eigenvalue weighted by Crippen LogP contribution is 2.22. The SMILES string of the molecule is CCCCCCCCc1ccc2ccc3cccnc3c2n1. The van der Waals surface area contributed by atoms with E-state index in [1.54, 1.807) is 0 Å². The van der Waals surface area contributed by atoms with Gasteiger partial charge in [-0.3, -0.25) is 9.97 Å². The molecule has 2 aromatic heterocycles. The van der Waals surface area contributed by atoms with Crippen LogP contribution in [0.25, 0.3) is 21.8 Å². The second-order valence-corrected chi connectivity index (χ2v) is 6.03. The first-order valence-corrected chi connectivity index (χ1v) is 8.52. The molecule has 3 rings (SSSR count). The highest BCUT2D eigenvalue weighted by Gasteiger charge is 2.04. The summed E-state index contributed by atoms with van der Waals surface area (Å²) in [6.45, 7) is 2.26. The Hall–Kier alpha value is -1.96. The zero-order valence-electron chi connectivity index (χ0n) is 13.4. The molecule has 0 aliphatic rings. The molecule has 0 aliphatic heterocycles. The molecule has 0 amide bonds. The van der Waals surface area contributed by atoms with Crippen LogP contribution in [0.1, 0.15) is 51.1 Å². The minimum Gasteiger partial charge on any atom is -0.254 e. The Morgan fingerprint density at radius 3 is 2.36 bits per heavy atom. The highest BCUT2D eigenvalue weighted by molar-refractivity contribution is 6.02. The summed E-state index contributed by atoms with van der Waals surface area (Å²) >= 11 is 0. The summed E-state index contributed by atoms with van der Waals surface area (Å²) in [7, 11) is 0. The summed E-state index contributed by atoms with van der Waals surface area (Å²) in [6.07, 6.45) is 10.9. The smallest absolute Gasteiger partial charge is 0.0967 e. The standard InChI is InChI=1S/C20H24N2/c1-2-3-4-5-6-7-10-18-14-13-17-12-11-16-9-8-15-21-19(16)20(17)22-18/h8-9,11-15H,2-7,10H2,1H3. The van der Waals surface area contributed by atoms with Crippen LogP contribution in [-0.2, 0) is 6.42 Å². The number of aryl methyl sites for hydroxylation is 1. The predicted molar refractivity (Wildman–Crippen MR) is 94.1 cm³/mol. The molecule has 0 saturated heterocycles. The number of fused-ring (bicyclic) bond motifs is 3. The Morgan fingerprint density at radius 2 is 1.50 bits per heavy atom. The molecule has 3 aromatic rings. The number of unbranched alkanes of at least 4 members (excludes halogenated alkanes) is 5. The van der Waals surface area contributed by atoms with Crippen LogP contribution in [-0.4, -0.2) is 9.97 Å².